The summed E-state index contributed by atoms with van der Waals surface area (Å²) in [5.74, 6) is -0.917. The Balaban J connectivity index is 4.43. The van der Waals surface area contributed by atoms with E-state index in [9.17, 15) is 14.4 Å². The topological polar surface area (TPSA) is 78.9 Å². The molecule has 0 radical (unpaired) electrons. The Hall–Kier alpha value is -3.41. The molecule has 0 saturated heterocycles. The lowest BCUT2D eigenvalue weighted by molar-refractivity contribution is -0.167. The molecule has 0 aliphatic heterocycles. The van der Waals surface area contributed by atoms with Crippen molar-refractivity contribution in [2.45, 2.75) is 252 Å². The van der Waals surface area contributed by atoms with Gasteiger partial charge in [0.25, 0.3) is 0 Å². The lowest BCUT2D eigenvalue weighted by Crippen LogP contribution is -2.30. The van der Waals surface area contributed by atoms with Crippen LogP contribution in [0.15, 0.2) is 85.1 Å². The van der Waals surface area contributed by atoms with Crippen molar-refractivity contribution in [2.75, 3.05) is 13.2 Å². The summed E-state index contributed by atoms with van der Waals surface area (Å²) < 4.78 is 16.8. The Morgan fingerprint density at radius 1 is 0.344 bits per heavy atom. The summed E-state index contributed by atoms with van der Waals surface area (Å²) in [5, 5.41) is 0. The Kier molecular flexibility index (Phi) is 49.4. The minimum atomic E-state index is -0.790. The molecule has 0 bridgehead atoms. The molecule has 0 aliphatic carbocycles. The smallest absolute Gasteiger partial charge is 0.306 e. The number of hydrogen-bond acceptors (Lipinski definition) is 6. The lowest BCUT2D eigenvalue weighted by atomic mass is 10.1. The minimum absolute atomic E-state index is 0.0883. The third-order valence-electron chi connectivity index (χ3n) is 11.2. The number of esters is 3. The van der Waals surface area contributed by atoms with Gasteiger partial charge in [0.15, 0.2) is 6.10 Å². The quantitative estimate of drug-likeness (QED) is 0.0199. The van der Waals surface area contributed by atoms with Crippen LogP contribution in [0.25, 0.3) is 0 Å². The monoisotopic (exact) mass is 891 g/mol. The van der Waals surface area contributed by atoms with Crippen LogP contribution in [-0.4, -0.2) is 37.2 Å². The van der Waals surface area contributed by atoms with Crippen molar-refractivity contribution in [3.05, 3.63) is 85.1 Å². The average molecular weight is 891 g/mol. The number of rotatable bonds is 47. The van der Waals surface area contributed by atoms with Crippen LogP contribution in [0.1, 0.15) is 245 Å². The van der Waals surface area contributed by atoms with E-state index in [-0.39, 0.29) is 31.1 Å². The van der Waals surface area contributed by atoms with E-state index in [1.807, 2.05) is 0 Å². The van der Waals surface area contributed by atoms with Crippen molar-refractivity contribution in [2.24, 2.45) is 0 Å². The maximum atomic E-state index is 12.8. The fraction of sp³-hybridized carbons (Fsp3) is 0.707. The average Bonchev–Trinajstić information content (AvgIpc) is 3.29. The van der Waals surface area contributed by atoms with E-state index in [1.165, 1.54) is 109 Å². The first kappa shape index (κ1) is 60.6. The van der Waals surface area contributed by atoms with E-state index in [4.69, 9.17) is 14.2 Å². The van der Waals surface area contributed by atoms with Gasteiger partial charge < -0.3 is 14.2 Å². The maximum Gasteiger partial charge on any atom is 0.306 e. The molecule has 0 spiro atoms. The van der Waals surface area contributed by atoms with Crippen LogP contribution in [0.2, 0.25) is 0 Å². The SMILES string of the molecule is CC\C=C/C=C\C=C/CCCCCCCCCC(=O)OC(COC(=O)CCCCCCCC/C=C\C/C=C\C/C=C\CC)COC(=O)CCCCCCCCC/C=C\CCCCCC. The summed E-state index contributed by atoms with van der Waals surface area (Å²) in [4.78, 5) is 38.1. The molecule has 6 heteroatoms. The van der Waals surface area contributed by atoms with Gasteiger partial charge in [0.2, 0.25) is 0 Å². The highest BCUT2D eigenvalue weighted by Gasteiger charge is 2.19. The molecule has 0 amide bonds. The molecular weight excluding hydrogens is 793 g/mol. The number of ether oxygens (including phenoxy) is 3. The second-order valence-corrected chi connectivity index (χ2v) is 17.4. The Morgan fingerprint density at radius 3 is 1.14 bits per heavy atom. The molecule has 6 nitrogen and oxygen atoms in total. The van der Waals surface area contributed by atoms with E-state index in [0.717, 1.165) is 96.3 Å². The van der Waals surface area contributed by atoms with Crippen molar-refractivity contribution >= 4 is 17.9 Å². The summed E-state index contributed by atoms with van der Waals surface area (Å²) in [6.07, 6.45) is 67.0. The normalized spacial score (nSPS) is 12.7. The second-order valence-electron chi connectivity index (χ2n) is 17.4. The summed E-state index contributed by atoms with van der Waals surface area (Å²) in [6, 6.07) is 0. The number of carbonyl (C=O) groups is 3. The highest BCUT2D eigenvalue weighted by molar-refractivity contribution is 5.71. The molecule has 0 fully saturated rings. The zero-order valence-electron chi connectivity index (χ0n) is 41.8. The van der Waals surface area contributed by atoms with E-state index in [0.29, 0.717) is 19.3 Å². The third-order valence-corrected chi connectivity index (χ3v) is 11.2. The van der Waals surface area contributed by atoms with Gasteiger partial charge in [0.1, 0.15) is 13.2 Å². The predicted octanol–water partition coefficient (Wildman–Crippen LogP) is 17.6. The summed E-state index contributed by atoms with van der Waals surface area (Å²) in [7, 11) is 0. The first-order chi connectivity index (χ1) is 31.5. The predicted molar refractivity (Wildman–Crippen MR) is 274 cm³/mol. The molecule has 1 unspecified atom stereocenters. The van der Waals surface area contributed by atoms with Crippen LogP contribution in [0, 0.1) is 0 Å². The molecule has 366 valence electrons. The molecule has 1 atom stereocenters. The zero-order chi connectivity index (χ0) is 46.5. The number of carbonyl (C=O) groups excluding carboxylic acids is 3. The van der Waals surface area contributed by atoms with Gasteiger partial charge >= 0.3 is 17.9 Å². The summed E-state index contributed by atoms with van der Waals surface area (Å²) >= 11 is 0. The van der Waals surface area contributed by atoms with Crippen LogP contribution in [0.3, 0.4) is 0 Å². The standard InChI is InChI=1S/C58H98O6/c1-4-7-10-13-16-19-22-25-28-31-33-36-39-42-45-48-51-57(60)63-54-55(64-58(61)52-49-46-43-40-37-34-30-27-24-21-18-15-12-9-6-3)53-62-56(59)50-47-44-41-38-35-32-29-26-23-20-17-14-11-8-5-2/h7,9-10,12,15-16,18-21,23-25,28,55H,4-6,8,11,13-14,17,22,26-27,29-54H2,1-3H3/b10-7-,12-9-,18-15-,19-16-,23-20-,24-21-,28-25-. The van der Waals surface area contributed by atoms with Gasteiger partial charge in [-0.1, -0.05) is 215 Å². The van der Waals surface area contributed by atoms with Gasteiger partial charge in [-0.2, -0.15) is 0 Å². The third kappa shape index (κ3) is 49.6. The molecule has 0 aromatic carbocycles. The van der Waals surface area contributed by atoms with Crippen molar-refractivity contribution in [1.29, 1.82) is 0 Å². The van der Waals surface area contributed by atoms with Gasteiger partial charge in [-0.3, -0.25) is 14.4 Å². The molecular formula is C58H98O6. The molecule has 64 heavy (non-hydrogen) atoms. The molecule has 0 rings (SSSR count). The van der Waals surface area contributed by atoms with Crippen LogP contribution >= 0.6 is 0 Å². The molecule has 0 aromatic rings. The number of allylic oxidation sites excluding steroid dienone is 14. The number of unbranched alkanes of at least 4 members (excludes halogenated alkanes) is 24. The van der Waals surface area contributed by atoms with Gasteiger partial charge in [0.05, 0.1) is 0 Å². The first-order valence-electron chi connectivity index (χ1n) is 26.6. The summed E-state index contributed by atoms with van der Waals surface area (Å²) in [5.41, 5.74) is 0. The van der Waals surface area contributed by atoms with Crippen molar-refractivity contribution in [1.82, 2.24) is 0 Å². The zero-order valence-corrected chi connectivity index (χ0v) is 41.8. The highest BCUT2D eigenvalue weighted by atomic mass is 16.6. The van der Waals surface area contributed by atoms with E-state index in [2.05, 4.69) is 106 Å². The Morgan fingerprint density at radius 2 is 0.688 bits per heavy atom. The van der Waals surface area contributed by atoms with Gasteiger partial charge in [-0.05, 0) is 96.3 Å². The number of hydrogen-bond donors (Lipinski definition) is 0. The van der Waals surface area contributed by atoms with Crippen LogP contribution < -0.4 is 0 Å². The Labute approximate surface area is 395 Å². The molecule has 0 N–H and O–H groups in total. The highest BCUT2D eigenvalue weighted by Crippen LogP contribution is 2.14. The van der Waals surface area contributed by atoms with Gasteiger partial charge in [-0.15, -0.1) is 0 Å². The van der Waals surface area contributed by atoms with Crippen molar-refractivity contribution in [3.63, 3.8) is 0 Å². The van der Waals surface area contributed by atoms with Crippen molar-refractivity contribution in [3.8, 4) is 0 Å². The van der Waals surface area contributed by atoms with E-state index in [1.54, 1.807) is 0 Å². The fourth-order valence-corrected chi connectivity index (χ4v) is 7.22. The lowest BCUT2D eigenvalue weighted by Gasteiger charge is -2.18. The van der Waals surface area contributed by atoms with E-state index < -0.39 is 6.10 Å². The maximum absolute atomic E-state index is 12.8. The molecule has 0 aliphatic rings. The van der Waals surface area contributed by atoms with Gasteiger partial charge in [0, 0.05) is 19.3 Å². The van der Waals surface area contributed by atoms with Crippen molar-refractivity contribution < 1.29 is 28.6 Å². The van der Waals surface area contributed by atoms with Crippen LogP contribution in [-0.2, 0) is 28.6 Å². The van der Waals surface area contributed by atoms with Crippen LogP contribution in [0.4, 0.5) is 0 Å². The van der Waals surface area contributed by atoms with Gasteiger partial charge in [-0.25, -0.2) is 0 Å². The second kappa shape index (κ2) is 52.2. The molecule has 0 saturated carbocycles. The fourth-order valence-electron chi connectivity index (χ4n) is 7.22. The van der Waals surface area contributed by atoms with Crippen LogP contribution in [0.5, 0.6) is 0 Å². The van der Waals surface area contributed by atoms with E-state index >= 15 is 0 Å². The summed E-state index contributed by atoms with van der Waals surface area (Å²) in [6.45, 7) is 6.36. The minimum Gasteiger partial charge on any atom is -0.462 e. The largest absolute Gasteiger partial charge is 0.462 e. The molecule has 0 aromatic heterocycles. The first-order valence-corrected chi connectivity index (χ1v) is 26.6. The Bertz CT molecular complexity index is 1250. The molecule has 0 heterocycles.